The lowest BCUT2D eigenvalue weighted by atomic mass is 9.98. The number of alkyl halides is 3. The Kier molecular flexibility index (Phi) is 3.35. The second-order valence-corrected chi connectivity index (χ2v) is 4.07. The lowest BCUT2D eigenvalue weighted by Crippen LogP contribution is -2.07. The van der Waals surface area contributed by atoms with Crippen LogP contribution in [0.5, 0.6) is 0 Å². The number of rotatable bonds is 2. The Morgan fingerprint density at radius 1 is 1.10 bits per heavy atom. The van der Waals surface area contributed by atoms with Gasteiger partial charge in [-0.15, -0.1) is 0 Å². The zero-order valence-electron chi connectivity index (χ0n) is 10.0. The van der Waals surface area contributed by atoms with E-state index in [0.29, 0.717) is 0 Å². The van der Waals surface area contributed by atoms with Gasteiger partial charge < -0.3 is 5.73 Å². The van der Waals surface area contributed by atoms with Gasteiger partial charge in [0.15, 0.2) is 0 Å². The predicted octanol–water partition coefficient (Wildman–Crippen LogP) is 3.86. The van der Waals surface area contributed by atoms with E-state index in [1.54, 1.807) is 0 Å². The highest BCUT2D eigenvalue weighted by molar-refractivity contribution is 5.74. The summed E-state index contributed by atoms with van der Waals surface area (Å²) in [5.74, 6) is 0. The minimum Gasteiger partial charge on any atom is -0.393 e. The molecule has 0 atom stereocenters. The quantitative estimate of drug-likeness (QED) is 0.516. The van der Waals surface area contributed by atoms with Crippen molar-refractivity contribution < 1.29 is 18.1 Å². The lowest BCUT2D eigenvalue weighted by Gasteiger charge is -2.12. The Balaban J connectivity index is 2.64. The zero-order chi connectivity index (χ0) is 14.9. The summed E-state index contributed by atoms with van der Waals surface area (Å²) in [6, 6.07) is 8.48. The monoisotopic (exact) mass is 282 g/mol. The Hall–Kier alpha value is -2.57. The van der Waals surface area contributed by atoms with E-state index in [1.165, 1.54) is 30.3 Å². The first-order valence-corrected chi connectivity index (χ1v) is 5.51. The summed E-state index contributed by atoms with van der Waals surface area (Å²) in [6.07, 6.45) is -4.53. The molecule has 0 fully saturated rings. The third kappa shape index (κ3) is 2.56. The van der Waals surface area contributed by atoms with Gasteiger partial charge in [0.25, 0.3) is 5.69 Å². The van der Waals surface area contributed by atoms with Crippen LogP contribution in [-0.2, 0) is 6.18 Å². The van der Waals surface area contributed by atoms with Crippen LogP contribution < -0.4 is 5.73 Å². The van der Waals surface area contributed by atoms with Gasteiger partial charge in [0.05, 0.1) is 10.5 Å². The molecule has 0 bridgehead atoms. The van der Waals surface area contributed by atoms with Gasteiger partial charge in [0.1, 0.15) is 5.69 Å². The zero-order valence-corrected chi connectivity index (χ0v) is 10.0. The van der Waals surface area contributed by atoms with Crippen LogP contribution >= 0.6 is 0 Å². The number of nitrogens with zero attached hydrogens (tertiary/aromatic N) is 1. The summed E-state index contributed by atoms with van der Waals surface area (Å²) < 4.78 is 38.7. The molecular weight excluding hydrogens is 273 g/mol. The maximum atomic E-state index is 12.9. The Labute approximate surface area is 111 Å². The number of anilines is 1. The third-order valence-corrected chi connectivity index (χ3v) is 2.77. The minimum atomic E-state index is -4.53. The van der Waals surface area contributed by atoms with Crippen molar-refractivity contribution in [2.45, 2.75) is 6.18 Å². The molecule has 2 aromatic rings. The van der Waals surface area contributed by atoms with Gasteiger partial charge in [-0.25, -0.2) is 0 Å². The van der Waals surface area contributed by atoms with Crippen molar-refractivity contribution in [1.29, 1.82) is 0 Å². The van der Waals surface area contributed by atoms with E-state index < -0.39 is 22.4 Å². The summed E-state index contributed by atoms with van der Waals surface area (Å²) >= 11 is 0. The van der Waals surface area contributed by atoms with Gasteiger partial charge in [-0.2, -0.15) is 13.2 Å². The molecule has 0 radical (unpaired) electrons. The molecule has 0 heterocycles. The SMILES string of the molecule is Nc1ccc(-c2ccccc2C(F)(F)F)cc1[N+](=O)[O-]. The topological polar surface area (TPSA) is 69.2 Å². The number of hydrogen-bond acceptors (Lipinski definition) is 3. The Bertz CT molecular complexity index is 669. The van der Waals surface area contributed by atoms with E-state index in [-0.39, 0.29) is 16.8 Å². The summed E-state index contributed by atoms with van der Waals surface area (Å²) in [7, 11) is 0. The summed E-state index contributed by atoms with van der Waals surface area (Å²) in [4.78, 5) is 10.1. The molecular formula is C13H9F3N2O2. The molecule has 0 aliphatic carbocycles. The fourth-order valence-electron chi connectivity index (χ4n) is 1.85. The minimum absolute atomic E-state index is 0.0942. The molecule has 104 valence electrons. The number of nitrogens with two attached hydrogens (primary N) is 1. The number of hydrogen-bond donors (Lipinski definition) is 1. The van der Waals surface area contributed by atoms with Crippen molar-refractivity contribution in [1.82, 2.24) is 0 Å². The maximum Gasteiger partial charge on any atom is 0.417 e. The van der Waals surface area contributed by atoms with Crippen molar-refractivity contribution in [3.05, 3.63) is 58.1 Å². The number of halogens is 3. The summed E-state index contributed by atoms with van der Waals surface area (Å²) in [5, 5.41) is 10.8. The highest BCUT2D eigenvalue weighted by atomic mass is 19.4. The van der Waals surface area contributed by atoms with Crippen LogP contribution in [0.1, 0.15) is 5.56 Å². The van der Waals surface area contributed by atoms with Crippen molar-refractivity contribution in [2.24, 2.45) is 0 Å². The molecule has 0 amide bonds. The van der Waals surface area contributed by atoms with Gasteiger partial charge in [0, 0.05) is 6.07 Å². The first-order valence-electron chi connectivity index (χ1n) is 5.51. The molecule has 0 spiro atoms. The molecule has 0 saturated heterocycles. The standard InChI is InChI=1S/C13H9F3N2O2/c14-13(15,16)10-4-2-1-3-9(10)8-5-6-11(17)12(7-8)18(19)20/h1-7H,17H2. The molecule has 20 heavy (non-hydrogen) atoms. The first-order chi connectivity index (χ1) is 9.30. The maximum absolute atomic E-state index is 12.9. The molecule has 0 unspecified atom stereocenters. The molecule has 0 aliphatic rings. The number of nitro groups is 1. The van der Waals surface area contributed by atoms with E-state index >= 15 is 0 Å². The highest BCUT2D eigenvalue weighted by Crippen LogP contribution is 2.38. The van der Waals surface area contributed by atoms with Gasteiger partial charge in [-0.05, 0) is 23.3 Å². The van der Waals surface area contributed by atoms with E-state index in [0.717, 1.165) is 12.1 Å². The normalized spacial score (nSPS) is 11.3. The molecule has 2 rings (SSSR count). The third-order valence-electron chi connectivity index (χ3n) is 2.77. The second kappa shape index (κ2) is 4.84. The van der Waals surface area contributed by atoms with Crippen LogP contribution in [0.25, 0.3) is 11.1 Å². The van der Waals surface area contributed by atoms with Crippen LogP contribution in [-0.4, -0.2) is 4.92 Å². The molecule has 2 aromatic carbocycles. The number of nitrogen functional groups attached to an aromatic ring is 1. The molecule has 2 N–H and O–H groups in total. The van der Waals surface area contributed by atoms with Crippen molar-refractivity contribution in [3.8, 4) is 11.1 Å². The molecule has 0 aliphatic heterocycles. The van der Waals surface area contributed by atoms with Gasteiger partial charge in [0.2, 0.25) is 0 Å². The van der Waals surface area contributed by atoms with Crippen LogP contribution in [0.2, 0.25) is 0 Å². The molecule has 7 heteroatoms. The van der Waals surface area contributed by atoms with Gasteiger partial charge >= 0.3 is 6.18 Å². The Morgan fingerprint density at radius 3 is 2.35 bits per heavy atom. The smallest absolute Gasteiger partial charge is 0.393 e. The lowest BCUT2D eigenvalue weighted by molar-refractivity contribution is -0.383. The number of nitro benzene ring substituents is 1. The van der Waals surface area contributed by atoms with E-state index in [1.807, 2.05) is 0 Å². The molecule has 0 saturated carbocycles. The number of benzene rings is 2. The van der Waals surface area contributed by atoms with Crippen molar-refractivity contribution in [2.75, 3.05) is 5.73 Å². The Morgan fingerprint density at radius 2 is 1.75 bits per heavy atom. The van der Waals surface area contributed by atoms with E-state index in [9.17, 15) is 23.3 Å². The van der Waals surface area contributed by atoms with Crippen LogP contribution in [0.4, 0.5) is 24.5 Å². The predicted molar refractivity (Wildman–Crippen MR) is 67.9 cm³/mol. The van der Waals surface area contributed by atoms with Gasteiger partial charge in [-0.3, -0.25) is 10.1 Å². The van der Waals surface area contributed by atoms with Crippen LogP contribution in [0.15, 0.2) is 42.5 Å². The highest BCUT2D eigenvalue weighted by Gasteiger charge is 2.33. The average Bonchev–Trinajstić information content (AvgIpc) is 2.38. The van der Waals surface area contributed by atoms with Crippen molar-refractivity contribution in [3.63, 3.8) is 0 Å². The first kappa shape index (κ1) is 13.9. The van der Waals surface area contributed by atoms with Crippen LogP contribution in [0.3, 0.4) is 0 Å². The molecule has 4 nitrogen and oxygen atoms in total. The van der Waals surface area contributed by atoms with E-state index in [2.05, 4.69) is 0 Å². The average molecular weight is 282 g/mol. The van der Waals surface area contributed by atoms with E-state index in [4.69, 9.17) is 5.73 Å². The second-order valence-electron chi connectivity index (χ2n) is 4.07. The largest absolute Gasteiger partial charge is 0.417 e. The van der Waals surface area contributed by atoms with Gasteiger partial charge in [-0.1, -0.05) is 24.3 Å². The molecule has 0 aromatic heterocycles. The summed E-state index contributed by atoms with van der Waals surface area (Å²) in [5.41, 5.74) is 4.04. The van der Waals surface area contributed by atoms with Crippen LogP contribution in [0, 0.1) is 10.1 Å². The van der Waals surface area contributed by atoms with Crippen molar-refractivity contribution >= 4 is 11.4 Å². The summed E-state index contributed by atoms with van der Waals surface area (Å²) in [6.45, 7) is 0. The fourth-order valence-corrected chi connectivity index (χ4v) is 1.85. The fraction of sp³-hybridized carbons (Fsp3) is 0.0769.